The third-order valence-electron chi connectivity index (χ3n) is 8.73. The molecular formula is C31H37FN4O2. The molecule has 1 heterocycles. The molecule has 200 valence electrons. The summed E-state index contributed by atoms with van der Waals surface area (Å²) in [5.41, 5.74) is 3.88. The molecule has 5 atom stereocenters. The minimum Gasteiger partial charge on any atom is -0.391 e. The van der Waals surface area contributed by atoms with Crippen LogP contribution in [0.3, 0.4) is 0 Å². The Bertz CT molecular complexity index is 1210. The number of nitrogens with zero attached hydrogens (tertiary/aromatic N) is 2. The number of benzene rings is 2. The Morgan fingerprint density at radius 3 is 2.71 bits per heavy atom. The molecule has 5 rings (SSSR count). The minimum absolute atomic E-state index is 0.0941. The van der Waals surface area contributed by atoms with Gasteiger partial charge in [-0.2, -0.15) is 0 Å². The molecule has 3 N–H and O–H groups in total. The number of piperidine rings is 1. The van der Waals surface area contributed by atoms with Crippen molar-refractivity contribution < 1.29 is 14.3 Å². The van der Waals surface area contributed by atoms with Gasteiger partial charge in [0.15, 0.2) is 0 Å². The average Bonchev–Trinajstić information content (AvgIpc) is 3.24. The Morgan fingerprint density at radius 1 is 1.24 bits per heavy atom. The fraction of sp³-hybridized carbons (Fsp3) is 0.452. The summed E-state index contributed by atoms with van der Waals surface area (Å²) in [6, 6.07) is 16.0. The van der Waals surface area contributed by atoms with Crippen LogP contribution < -0.4 is 5.32 Å². The van der Waals surface area contributed by atoms with Gasteiger partial charge in [0, 0.05) is 30.9 Å². The number of halogens is 1. The van der Waals surface area contributed by atoms with Crippen molar-refractivity contribution in [2.45, 2.75) is 57.6 Å². The first-order valence-corrected chi connectivity index (χ1v) is 13.7. The van der Waals surface area contributed by atoms with E-state index in [4.69, 9.17) is 10.4 Å². The average molecular weight is 517 g/mol. The second-order valence-corrected chi connectivity index (χ2v) is 11.2. The van der Waals surface area contributed by atoms with Gasteiger partial charge in [-0.15, -0.1) is 0 Å². The number of aliphatic hydroxyl groups excluding tert-OH is 1. The van der Waals surface area contributed by atoms with Crippen molar-refractivity contribution >= 4 is 23.6 Å². The van der Waals surface area contributed by atoms with Crippen molar-refractivity contribution in [2.24, 2.45) is 22.2 Å². The molecule has 0 radical (unpaired) electrons. The fourth-order valence-corrected chi connectivity index (χ4v) is 6.51. The highest BCUT2D eigenvalue weighted by Crippen LogP contribution is 2.56. The molecule has 6 nitrogen and oxygen atoms in total. The number of carbonyl (C=O) groups excluding carboxylic acids is 1. The molecule has 0 spiro atoms. The standard InChI is InChI=1S/C31H37FN4O2/c1-31-18-22(19-33)29(34-26-13-11-25(32)12-14-26)17-24(31)10-9-23(31)16-28(21-6-3-2-4-7-21)35-30(38)36-15-5-8-27(37)20-36/h2-4,6-7,11-14,17,19,22-23,27-28,33,37H,5,8-10,15-16,18,20H2,1H3,(H,35,38). The molecule has 2 fully saturated rings. The number of hydrogen-bond acceptors (Lipinski definition) is 4. The topological polar surface area (TPSA) is 88.8 Å². The molecule has 5 unspecified atom stereocenters. The Labute approximate surface area is 224 Å². The monoisotopic (exact) mass is 516 g/mol. The number of likely N-dealkylation sites (tertiary alicyclic amines) is 1. The number of amides is 2. The van der Waals surface area contributed by atoms with Crippen LogP contribution in [0.4, 0.5) is 14.9 Å². The molecule has 38 heavy (non-hydrogen) atoms. The van der Waals surface area contributed by atoms with Gasteiger partial charge in [-0.3, -0.25) is 4.99 Å². The van der Waals surface area contributed by atoms with Gasteiger partial charge in [0.1, 0.15) is 5.82 Å². The summed E-state index contributed by atoms with van der Waals surface area (Å²) in [7, 11) is 0. The normalized spacial score (nSPS) is 28.9. The van der Waals surface area contributed by atoms with E-state index >= 15 is 0 Å². The van der Waals surface area contributed by atoms with E-state index in [0.717, 1.165) is 49.8 Å². The van der Waals surface area contributed by atoms with Crippen LogP contribution in [0.1, 0.15) is 57.1 Å². The van der Waals surface area contributed by atoms with Crippen LogP contribution in [0.5, 0.6) is 0 Å². The van der Waals surface area contributed by atoms with Crippen molar-refractivity contribution in [3.8, 4) is 0 Å². The maximum atomic E-state index is 13.4. The van der Waals surface area contributed by atoms with Gasteiger partial charge in [-0.25, -0.2) is 9.18 Å². The lowest BCUT2D eigenvalue weighted by atomic mass is 9.65. The summed E-state index contributed by atoms with van der Waals surface area (Å²) < 4.78 is 13.4. The first-order valence-electron chi connectivity index (χ1n) is 13.7. The van der Waals surface area contributed by atoms with Gasteiger partial charge >= 0.3 is 6.03 Å². The number of fused-ring (bicyclic) bond motifs is 1. The van der Waals surface area contributed by atoms with E-state index < -0.39 is 6.10 Å². The predicted octanol–water partition coefficient (Wildman–Crippen LogP) is 6.21. The Hall–Kier alpha value is -3.32. The van der Waals surface area contributed by atoms with E-state index in [1.807, 2.05) is 18.2 Å². The van der Waals surface area contributed by atoms with E-state index in [1.165, 1.54) is 23.9 Å². The summed E-state index contributed by atoms with van der Waals surface area (Å²) in [5.74, 6) is -0.0719. The lowest BCUT2D eigenvalue weighted by Gasteiger charge is -2.40. The summed E-state index contributed by atoms with van der Waals surface area (Å²) in [6.07, 6.45) is 8.30. The number of allylic oxidation sites excluding steroid dienone is 2. The molecule has 2 aromatic rings. The van der Waals surface area contributed by atoms with E-state index in [9.17, 15) is 14.3 Å². The minimum atomic E-state index is -0.461. The van der Waals surface area contributed by atoms with Crippen LogP contribution in [0.2, 0.25) is 0 Å². The van der Waals surface area contributed by atoms with Gasteiger partial charge < -0.3 is 20.7 Å². The molecule has 0 aromatic heterocycles. The smallest absolute Gasteiger partial charge is 0.317 e. The third-order valence-corrected chi connectivity index (χ3v) is 8.73. The zero-order valence-corrected chi connectivity index (χ0v) is 21.9. The third kappa shape index (κ3) is 5.58. The van der Waals surface area contributed by atoms with Crippen molar-refractivity contribution in [2.75, 3.05) is 13.1 Å². The Kier molecular flexibility index (Phi) is 7.75. The maximum absolute atomic E-state index is 13.4. The van der Waals surface area contributed by atoms with Crippen molar-refractivity contribution in [3.63, 3.8) is 0 Å². The molecule has 1 aliphatic heterocycles. The van der Waals surface area contributed by atoms with Gasteiger partial charge in [0.25, 0.3) is 0 Å². The van der Waals surface area contributed by atoms with Crippen LogP contribution >= 0.6 is 0 Å². The van der Waals surface area contributed by atoms with Gasteiger partial charge in [0.2, 0.25) is 0 Å². The molecular weight excluding hydrogens is 479 g/mol. The van der Waals surface area contributed by atoms with E-state index in [0.29, 0.717) is 24.7 Å². The van der Waals surface area contributed by atoms with Crippen molar-refractivity contribution in [1.82, 2.24) is 10.2 Å². The van der Waals surface area contributed by atoms with Gasteiger partial charge in [0.05, 0.1) is 17.8 Å². The van der Waals surface area contributed by atoms with Crippen LogP contribution in [0, 0.1) is 28.5 Å². The molecule has 0 bridgehead atoms. The quantitative estimate of drug-likeness (QED) is 0.399. The largest absolute Gasteiger partial charge is 0.391 e. The number of aliphatic imine (C=N–C) groups is 1. The van der Waals surface area contributed by atoms with E-state index in [2.05, 4.69) is 30.4 Å². The van der Waals surface area contributed by atoms with Crippen LogP contribution in [0.15, 0.2) is 71.2 Å². The highest BCUT2D eigenvalue weighted by Gasteiger charge is 2.47. The van der Waals surface area contributed by atoms with Crippen LogP contribution in [0.25, 0.3) is 0 Å². The number of β-amino-alcohol motifs (C(OH)–C–C–N with tert-alkyl or cyclic N) is 1. The first-order chi connectivity index (χ1) is 18.4. The number of aliphatic hydroxyl groups is 1. The van der Waals surface area contributed by atoms with Crippen molar-refractivity contribution in [1.29, 1.82) is 5.41 Å². The van der Waals surface area contributed by atoms with Gasteiger partial charge in [-0.05, 0) is 85.8 Å². The Morgan fingerprint density at radius 2 is 2.00 bits per heavy atom. The number of carbonyl (C=O) groups is 1. The molecule has 1 saturated carbocycles. The van der Waals surface area contributed by atoms with Gasteiger partial charge in [-0.1, -0.05) is 42.8 Å². The molecule has 7 heteroatoms. The lowest BCUT2D eigenvalue weighted by molar-refractivity contribution is 0.0825. The SMILES string of the molecule is CC12CC(C=N)C(=Nc3ccc(F)cc3)C=C1CCC2CC(NC(=O)N1CCCC(O)C1)c1ccccc1. The van der Waals surface area contributed by atoms with Crippen LogP contribution in [-0.4, -0.2) is 47.2 Å². The highest BCUT2D eigenvalue weighted by atomic mass is 19.1. The number of nitrogens with one attached hydrogen (secondary N) is 2. The molecule has 1 saturated heterocycles. The second-order valence-electron chi connectivity index (χ2n) is 11.2. The molecule has 2 aromatic carbocycles. The highest BCUT2D eigenvalue weighted by molar-refractivity contribution is 6.08. The van der Waals surface area contributed by atoms with E-state index in [1.54, 1.807) is 17.0 Å². The summed E-state index contributed by atoms with van der Waals surface area (Å²) in [5, 5.41) is 21.5. The first kappa shape index (κ1) is 26.3. The predicted molar refractivity (Wildman–Crippen MR) is 148 cm³/mol. The zero-order valence-electron chi connectivity index (χ0n) is 21.9. The number of urea groups is 1. The molecule has 2 amide bonds. The summed E-state index contributed by atoms with van der Waals surface area (Å²) in [6.45, 7) is 3.33. The lowest BCUT2D eigenvalue weighted by Crippen LogP contribution is -2.48. The second kappa shape index (κ2) is 11.2. The number of hydrogen-bond donors (Lipinski definition) is 3. The zero-order chi connectivity index (χ0) is 26.7. The Balaban J connectivity index is 1.38. The summed E-state index contributed by atoms with van der Waals surface area (Å²) in [4.78, 5) is 19.7. The maximum Gasteiger partial charge on any atom is 0.317 e. The van der Waals surface area contributed by atoms with Crippen LogP contribution in [-0.2, 0) is 0 Å². The van der Waals surface area contributed by atoms with Crippen molar-refractivity contribution in [3.05, 3.63) is 77.6 Å². The van der Waals surface area contributed by atoms with E-state index in [-0.39, 0.29) is 29.2 Å². The molecule has 3 aliphatic rings. The number of rotatable bonds is 6. The summed E-state index contributed by atoms with van der Waals surface area (Å²) >= 11 is 0. The molecule has 2 aliphatic carbocycles. The fourth-order valence-electron chi connectivity index (χ4n) is 6.51.